The van der Waals surface area contributed by atoms with Crippen molar-refractivity contribution in [3.63, 3.8) is 0 Å². The number of hydrogen-bond donors (Lipinski definition) is 0. The summed E-state index contributed by atoms with van der Waals surface area (Å²) in [5.41, 5.74) is 0.201. The van der Waals surface area contributed by atoms with Gasteiger partial charge in [0, 0.05) is 25.5 Å². The lowest BCUT2D eigenvalue weighted by molar-refractivity contribution is -0.0821. The van der Waals surface area contributed by atoms with E-state index in [1.165, 1.54) is 12.4 Å². The molecule has 2 aromatic rings. The van der Waals surface area contributed by atoms with Crippen LogP contribution in [0.2, 0.25) is 0 Å². The fourth-order valence-corrected chi connectivity index (χ4v) is 3.49. The van der Waals surface area contributed by atoms with E-state index in [1.807, 2.05) is 4.90 Å². The van der Waals surface area contributed by atoms with Gasteiger partial charge in [0.25, 0.3) is 11.8 Å². The fraction of sp³-hybridized carbons (Fsp3) is 0.562. The molecule has 8 nitrogen and oxygen atoms in total. The average Bonchev–Trinajstić information content (AvgIpc) is 3.23. The van der Waals surface area contributed by atoms with E-state index in [9.17, 15) is 4.79 Å². The molecule has 0 unspecified atom stereocenters. The summed E-state index contributed by atoms with van der Waals surface area (Å²) in [6.07, 6.45) is 7.92. The van der Waals surface area contributed by atoms with Crippen LogP contribution in [0, 0.1) is 6.92 Å². The van der Waals surface area contributed by atoms with E-state index < -0.39 is 0 Å². The third-order valence-electron chi connectivity index (χ3n) is 4.82. The monoisotopic (exact) mass is 329 g/mol. The van der Waals surface area contributed by atoms with Gasteiger partial charge >= 0.3 is 0 Å². The van der Waals surface area contributed by atoms with E-state index in [2.05, 4.69) is 20.1 Å². The van der Waals surface area contributed by atoms with E-state index in [-0.39, 0.29) is 17.6 Å². The lowest BCUT2D eigenvalue weighted by atomic mass is 9.88. The quantitative estimate of drug-likeness (QED) is 0.827. The van der Waals surface area contributed by atoms with Crippen LogP contribution < -0.4 is 0 Å². The van der Waals surface area contributed by atoms with Crippen molar-refractivity contribution in [2.24, 2.45) is 0 Å². The fourth-order valence-electron chi connectivity index (χ4n) is 3.49. The number of carbonyl (C=O) groups excluding carboxylic acids is 1. The molecule has 4 heterocycles. The molecular weight excluding hydrogens is 310 g/mol. The van der Waals surface area contributed by atoms with Crippen LogP contribution in [0.1, 0.15) is 54.0 Å². The van der Waals surface area contributed by atoms with Crippen LogP contribution in [-0.4, -0.2) is 49.6 Å². The number of nitrogens with zero attached hydrogens (tertiary/aromatic N) is 5. The van der Waals surface area contributed by atoms with Crippen LogP contribution in [0.5, 0.6) is 0 Å². The Morgan fingerprint density at radius 1 is 1.29 bits per heavy atom. The zero-order valence-corrected chi connectivity index (χ0v) is 13.5. The predicted molar refractivity (Wildman–Crippen MR) is 82.0 cm³/mol. The molecule has 0 N–H and O–H groups in total. The topological polar surface area (TPSA) is 94.2 Å². The Bertz CT molecular complexity index is 724. The molecule has 0 saturated carbocycles. The van der Waals surface area contributed by atoms with Crippen molar-refractivity contribution in [2.45, 2.75) is 44.3 Å². The maximum atomic E-state index is 12.4. The van der Waals surface area contributed by atoms with E-state index in [4.69, 9.17) is 9.26 Å². The Labute approximate surface area is 139 Å². The van der Waals surface area contributed by atoms with Gasteiger partial charge < -0.3 is 14.2 Å². The lowest BCUT2D eigenvalue weighted by Gasteiger charge is -2.38. The van der Waals surface area contributed by atoms with Crippen LogP contribution in [-0.2, 0) is 4.74 Å². The van der Waals surface area contributed by atoms with Crippen LogP contribution in [0.25, 0.3) is 0 Å². The van der Waals surface area contributed by atoms with Crippen molar-refractivity contribution < 1.29 is 14.1 Å². The first-order chi connectivity index (χ1) is 11.7. The summed E-state index contributed by atoms with van der Waals surface area (Å²) in [6, 6.07) is 0. The number of aryl methyl sites for hydroxylation is 1. The van der Waals surface area contributed by atoms with Gasteiger partial charge in [0.15, 0.2) is 5.82 Å². The molecule has 0 bridgehead atoms. The molecule has 126 valence electrons. The average molecular weight is 329 g/mol. The third-order valence-corrected chi connectivity index (χ3v) is 4.82. The van der Waals surface area contributed by atoms with Crippen LogP contribution in [0.3, 0.4) is 0 Å². The molecule has 2 aromatic heterocycles. The summed E-state index contributed by atoms with van der Waals surface area (Å²) in [6.45, 7) is 3.12. The number of amides is 1. The van der Waals surface area contributed by atoms with E-state index in [1.54, 1.807) is 13.1 Å². The minimum atomic E-state index is -0.188. The highest BCUT2D eigenvalue weighted by molar-refractivity contribution is 5.92. The van der Waals surface area contributed by atoms with Gasteiger partial charge in [0.1, 0.15) is 11.8 Å². The van der Waals surface area contributed by atoms with E-state index in [0.717, 1.165) is 25.7 Å². The lowest BCUT2D eigenvalue weighted by Crippen LogP contribution is -2.46. The Hall–Kier alpha value is -2.35. The molecule has 1 spiro atoms. The standard InChI is InChI=1S/C16H19N5O3/c1-11-19-14(24-20-11)13-2-3-16(23-13)4-8-21(9-5-16)15(22)12-10-17-6-7-18-12/h6-7,10,13H,2-5,8-9H2,1H3/t13-/m1/s1. The van der Waals surface area contributed by atoms with Crippen molar-refractivity contribution in [3.8, 4) is 0 Å². The van der Waals surface area contributed by atoms with E-state index >= 15 is 0 Å². The summed E-state index contributed by atoms with van der Waals surface area (Å²) in [5.74, 6) is 1.11. The van der Waals surface area contributed by atoms with Gasteiger partial charge in [-0.05, 0) is 32.6 Å². The molecule has 0 aliphatic carbocycles. The summed E-state index contributed by atoms with van der Waals surface area (Å²) in [4.78, 5) is 26.6. The molecular formula is C16H19N5O3. The first-order valence-electron chi connectivity index (χ1n) is 8.19. The molecule has 4 rings (SSSR count). The van der Waals surface area contributed by atoms with Gasteiger partial charge in [-0.3, -0.25) is 9.78 Å². The first-order valence-corrected chi connectivity index (χ1v) is 8.19. The van der Waals surface area contributed by atoms with Crippen molar-refractivity contribution in [2.75, 3.05) is 13.1 Å². The van der Waals surface area contributed by atoms with Gasteiger partial charge in [-0.25, -0.2) is 4.98 Å². The van der Waals surface area contributed by atoms with E-state index in [0.29, 0.717) is 30.5 Å². The second-order valence-corrected chi connectivity index (χ2v) is 6.39. The SMILES string of the molecule is Cc1noc([C@H]2CCC3(CCN(C(=O)c4cnccn4)CC3)O2)n1. The number of carbonyl (C=O) groups is 1. The Morgan fingerprint density at radius 3 is 2.79 bits per heavy atom. The number of likely N-dealkylation sites (tertiary alicyclic amines) is 1. The van der Waals surface area contributed by atoms with Gasteiger partial charge in [-0.15, -0.1) is 0 Å². The third kappa shape index (κ3) is 2.77. The highest BCUT2D eigenvalue weighted by Gasteiger charge is 2.45. The van der Waals surface area contributed by atoms with Gasteiger partial charge in [0.05, 0.1) is 11.8 Å². The first kappa shape index (κ1) is 15.2. The van der Waals surface area contributed by atoms with Gasteiger partial charge in [0.2, 0.25) is 0 Å². The maximum absolute atomic E-state index is 12.4. The number of aromatic nitrogens is 4. The minimum absolute atomic E-state index is 0.0694. The molecule has 1 amide bonds. The van der Waals surface area contributed by atoms with Crippen LogP contribution in [0.15, 0.2) is 23.1 Å². The predicted octanol–water partition coefficient (Wildman–Crippen LogP) is 1.69. The number of ether oxygens (including phenoxy) is 1. The zero-order valence-electron chi connectivity index (χ0n) is 13.5. The van der Waals surface area contributed by atoms with Crippen molar-refractivity contribution in [1.82, 2.24) is 25.0 Å². The van der Waals surface area contributed by atoms with Crippen molar-refractivity contribution >= 4 is 5.91 Å². The summed E-state index contributed by atoms with van der Waals surface area (Å²) in [7, 11) is 0. The maximum Gasteiger partial charge on any atom is 0.274 e. The Balaban J connectivity index is 1.39. The molecule has 2 aliphatic rings. The number of rotatable bonds is 2. The molecule has 0 aromatic carbocycles. The summed E-state index contributed by atoms with van der Waals surface area (Å²) < 4.78 is 11.5. The minimum Gasteiger partial charge on any atom is -0.362 e. The summed E-state index contributed by atoms with van der Waals surface area (Å²) >= 11 is 0. The van der Waals surface area contributed by atoms with Crippen LogP contribution in [0.4, 0.5) is 0 Å². The second kappa shape index (κ2) is 5.94. The molecule has 2 fully saturated rings. The highest BCUT2D eigenvalue weighted by Crippen LogP contribution is 2.44. The molecule has 2 aliphatic heterocycles. The van der Waals surface area contributed by atoms with Crippen molar-refractivity contribution in [3.05, 3.63) is 36.0 Å². The Kier molecular flexibility index (Phi) is 3.76. The molecule has 0 radical (unpaired) electrons. The second-order valence-electron chi connectivity index (χ2n) is 6.39. The smallest absolute Gasteiger partial charge is 0.274 e. The number of piperidine rings is 1. The summed E-state index contributed by atoms with van der Waals surface area (Å²) in [5, 5.41) is 3.83. The normalized spacial score (nSPS) is 22.9. The van der Waals surface area contributed by atoms with Gasteiger partial charge in [-0.1, -0.05) is 5.16 Å². The zero-order chi connectivity index (χ0) is 16.6. The van der Waals surface area contributed by atoms with Crippen LogP contribution >= 0.6 is 0 Å². The Morgan fingerprint density at radius 2 is 2.12 bits per heavy atom. The largest absolute Gasteiger partial charge is 0.362 e. The highest BCUT2D eigenvalue weighted by atomic mass is 16.5. The van der Waals surface area contributed by atoms with Crippen molar-refractivity contribution in [1.29, 1.82) is 0 Å². The molecule has 2 saturated heterocycles. The molecule has 24 heavy (non-hydrogen) atoms. The molecule has 1 atom stereocenters. The molecule has 8 heteroatoms. The number of hydrogen-bond acceptors (Lipinski definition) is 7. The van der Waals surface area contributed by atoms with Gasteiger partial charge in [-0.2, -0.15) is 4.98 Å².